The van der Waals surface area contributed by atoms with Crippen molar-refractivity contribution in [2.24, 2.45) is 0 Å². The average Bonchev–Trinajstić information content (AvgIpc) is 2.76. The number of thiophene rings is 1. The smallest absolute Gasteiger partial charge is 0.337 e. The summed E-state index contributed by atoms with van der Waals surface area (Å²) in [6, 6.07) is 5.40. The van der Waals surface area contributed by atoms with E-state index in [1.807, 2.05) is 18.4 Å². The van der Waals surface area contributed by atoms with Crippen molar-refractivity contribution in [1.82, 2.24) is 4.98 Å². The SMILES string of the molecule is CCCc1nc(-c2cc(Br)cs2)ccc1C(=O)O. The van der Waals surface area contributed by atoms with E-state index in [1.54, 1.807) is 23.5 Å². The number of aryl methyl sites for hydroxylation is 1. The molecular weight excluding hydrogens is 314 g/mol. The van der Waals surface area contributed by atoms with Gasteiger partial charge in [0.05, 0.1) is 21.8 Å². The minimum Gasteiger partial charge on any atom is -0.478 e. The van der Waals surface area contributed by atoms with Gasteiger partial charge in [0.2, 0.25) is 0 Å². The minimum atomic E-state index is -0.912. The van der Waals surface area contributed by atoms with Crippen molar-refractivity contribution in [3.8, 4) is 10.6 Å². The molecule has 0 bridgehead atoms. The number of carboxylic acid groups (broad SMARTS) is 1. The van der Waals surface area contributed by atoms with Gasteiger partial charge in [-0.05, 0) is 40.5 Å². The van der Waals surface area contributed by atoms with Crippen LogP contribution in [-0.2, 0) is 6.42 Å². The van der Waals surface area contributed by atoms with Crippen LogP contribution in [0.15, 0.2) is 28.1 Å². The molecule has 2 aromatic heterocycles. The minimum absolute atomic E-state index is 0.302. The number of aromatic carboxylic acids is 1. The summed E-state index contributed by atoms with van der Waals surface area (Å²) < 4.78 is 1.02. The first-order valence-corrected chi connectivity index (χ1v) is 7.26. The Balaban J connectivity index is 2.45. The summed E-state index contributed by atoms with van der Waals surface area (Å²) in [7, 11) is 0. The lowest BCUT2D eigenvalue weighted by molar-refractivity contribution is 0.0695. The Hall–Kier alpha value is -1.20. The molecule has 94 valence electrons. The third kappa shape index (κ3) is 2.79. The van der Waals surface area contributed by atoms with Gasteiger partial charge in [-0.2, -0.15) is 0 Å². The Morgan fingerprint density at radius 3 is 2.83 bits per heavy atom. The van der Waals surface area contributed by atoms with Gasteiger partial charge in [-0.1, -0.05) is 13.3 Å². The second kappa shape index (κ2) is 5.63. The van der Waals surface area contributed by atoms with Crippen LogP contribution < -0.4 is 0 Å². The molecule has 2 aromatic rings. The van der Waals surface area contributed by atoms with Crippen LogP contribution in [0.1, 0.15) is 29.4 Å². The van der Waals surface area contributed by atoms with Crippen LogP contribution in [0, 0.1) is 0 Å². The van der Waals surface area contributed by atoms with E-state index in [-0.39, 0.29) is 0 Å². The topological polar surface area (TPSA) is 50.2 Å². The molecule has 2 heterocycles. The lowest BCUT2D eigenvalue weighted by atomic mass is 10.1. The van der Waals surface area contributed by atoms with E-state index in [0.29, 0.717) is 17.7 Å². The summed E-state index contributed by atoms with van der Waals surface area (Å²) in [5.41, 5.74) is 1.79. The number of halogens is 1. The van der Waals surface area contributed by atoms with Gasteiger partial charge in [0, 0.05) is 9.85 Å². The molecule has 0 unspecified atom stereocenters. The van der Waals surface area contributed by atoms with Crippen LogP contribution in [0.25, 0.3) is 10.6 Å². The maximum atomic E-state index is 11.1. The first-order valence-electron chi connectivity index (χ1n) is 5.59. The number of hydrogen-bond donors (Lipinski definition) is 1. The number of carbonyl (C=O) groups is 1. The third-order valence-corrected chi connectivity index (χ3v) is 4.22. The Labute approximate surface area is 118 Å². The Kier molecular flexibility index (Phi) is 4.14. The van der Waals surface area contributed by atoms with Gasteiger partial charge in [-0.15, -0.1) is 11.3 Å². The standard InChI is InChI=1S/C13H12BrNO2S/c1-2-3-10-9(13(16)17)4-5-11(15-10)12-6-8(14)7-18-12/h4-7H,2-3H2,1H3,(H,16,17). The zero-order chi connectivity index (χ0) is 13.1. The molecule has 0 radical (unpaired) electrons. The summed E-state index contributed by atoms with van der Waals surface area (Å²) in [4.78, 5) is 16.6. The predicted molar refractivity (Wildman–Crippen MR) is 76.2 cm³/mol. The van der Waals surface area contributed by atoms with Gasteiger partial charge in [-0.25, -0.2) is 4.79 Å². The van der Waals surface area contributed by atoms with Gasteiger partial charge in [-0.3, -0.25) is 4.98 Å². The van der Waals surface area contributed by atoms with Crippen LogP contribution in [0.4, 0.5) is 0 Å². The Morgan fingerprint density at radius 2 is 2.28 bits per heavy atom. The van der Waals surface area contributed by atoms with E-state index in [2.05, 4.69) is 20.9 Å². The quantitative estimate of drug-likeness (QED) is 0.915. The molecule has 0 fully saturated rings. The van der Waals surface area contributed by atoms with Crippen molar-refractivity contribution in [3.05, 3.63) is 39.3 Å². The number of hydrogen-bond acceptors (Lipinski definition) is 3. The first-order chi connectivity index (χ1) is 8.61. The fourth-order valence-corrected chi connectivity index (χ4v) is 3.11. The molecule has 0 aliphatic heterocycles. The van der Waals surface area contributed by atoms with Crippen molar-refractivity contribution in [2.45, 2.75) is 19.8 Å². The highest BCUT2D eigenvalue weighted by Gasteiger charge is 2.13. The first kappa shape index (κ1) is 13.2. The molecule has 0 aliphatic carbocycles. The van der Waals surface area contributed by atoms with Crippen molar-refractivity contribution >= 4 is 33.2 Å². The third-order valence-electron chi connectivity index (χ3n) is 2.51. The van der Waals surface area contributed by atoms with Crippen LogP contribution in [0.3, 0.4) is 0 Å². The van der Waals surface area contributed by atoms with Gasteiger partial charge in [0.15, 0.2) is 0 Å². The van der Waals surface area contributed by atoms with Crippen LogP contribution in [0.5, 0.6) is 0 Å². The Bertz CT molecular complexity index is 580. The summed E-state index contributed by atoms with van der Waals surface area (Å²) in [6.07, 6.45) is 1.56. The second-order valence-electron chi connectivity index (χ2n) is 3.88. The van der Waals surface area contributed by atoms with E-state index < -0.39 is 5.97 Å². The molecule has 0 aromatic carbocycles. The van der Waals surface area contributed by atoms with Crippen LogP contribution in [0.2, 0.25) is 0 Å². The van der Waals surface area contributed by atoms with E-state index in [0.717, 1.165) is 21.5 Å². The maximum absolute atomic E-state index is 11.1. The molecule has 2 rings (SSSR count). The number of carboxylic acids is 1. The maximum Gasteiger partial charge on any atom is 0.337 e. The van der Waals surface area contributed by atoms with Crippen LogP contribution in [-0.4, -0.2) is 16.1 Å². The molecule has 1 N–H and O–H groups in total. The van der Waals surface area contributed by atoms with Gasteiger partial charge in [0.1, 0.15) is 0 Å². The highest BCUT2D eigenvalue weighted by molar-refractivity contribution is 9.10. The summed E-state index contributed by atoms with van der Waals surface area (Å²) in [5, 5.41) is 11.1. The molecule has 0 saturated carbocycles. The molecule has 18 heavy (non-hydrogen) atoms. The normalized spacial score (nSPS) is 10.6. The fraction of sp³-hybridized carbons (Fsp3) is 0.231. The van der Waals surface area contributed by atoms with E-state index in [9.17, 15) is 4.79 Å². The summed E-state index contributed by atoms with van der Waals surface area (Å²) in [5.74, 6) is -0.912. The highest BCUT2D eigenvalue weighted by Crippen LogP contribution is 2.29. The second-order valence-corrected chi connectivity index (χ2v) is 5.70. The zero-order valence-corrected chi connectivity index (χ0v) is 12.2. The molecule has 0 aliphatic rings. The number of rotatable bonds is 4. The van der Waals surface area contributed by atoms with Crippen molar-refractivity contribution in [1.29, 1.82) is 0 Å². The van der Waals surface area contributed by atoms with Crippen molar-refractivity contribution < 1.29 is 9.90 Å². The van der Waals surface area contributed by atoms with Gasteiger partial charge < -0.3 is 5.11 Å². The van der Waals surface area contributed by atoms with E-state index >= 15 is 0 Å². The molecule has 0 amide bonds. The molecule has 0 saturated heterocycles. The summed E-state index contributed by atoms with van der Waals surface area (Å²) >= 11 is 4.99. The van der Waals surface area contributed by atoms with Gasteiger partial charge in [0.25, 0.3) is 0 Å². The van der Waals surface area contributed by atoms with Gasteiger partial charge >= 0.3 is 5.97 Å². The lowest BCUT2D eigenvalue weighted by Crippen LogP contribution is -2.05. The van der Waals surface area contributed by atoms with Crippen molar-refractivity contribution in [2.75, 3.05) is 0 Å². The van der Waals surface area contributed by atoms with Crippen molar-refractivity contribution in [3.63, 3.8) is 0 Å². The number of aromatic nitrogens is 1. The number of pyridine rings is 1. The highest BCUT2D eigenvalue weighted by atomic mass is 79.9. The molecule has 0 spiro atoms. The molecule has 5 heteroatoms. The average molecular weight is 326 g/mol. The molecular formula is C13H12BrNO2S. The predicted octanol–water partition coefficient (Wildman–Crippen LogP) is 4.22. The molecule has 0 atom stereocenters. The van der Waals surface area contributed by atoms with E-state index in [1.165, 1.54) is 0 Å². The summed E-state index contributed by atoms with van der Waals surface area (Å²) in [6.45, 7) is 2.02. The van der Waals surface area contributed by atoms with E-state index in [4.69, 9.17) is 5.11 Å². The fourth-order valence-electron chi connectivity index (χ4n) is 1.71. The largest absolute Gasteiger partial charge is 0.478 e. The zero-order valence-electron chi connectivity index (χ0n) is 9.81. The lowest BCUT2D eigenvalue weighted by Gasteiger charge is -2.06. The molecule has 3 nitrogen and oxygen atoms in total. The Morgan fingerprint density at radius 1 is 1.50 bits per heavy atom. The number of nitrogens with zero attached hydrogens (tertiary/aromatic N) is 1. The monoisotopic (exact) mass is 325 g/mol. The van der Waals surface area contributed by atoms with Crippen LogP contribution >= 0.6 is 27.3 Å².